The van der Waals surface area contributed by atoms with Crippen LogP contribution in [0.1, 0.15) is 39.5 Å². The van der Waals surface area contributed by atoms with E-state index in [0.717, 1.165) is 23.2 Å². The minimum absolute atomic E-state index is 0.0404. The van der Waals surface area contributed by atoms with Crippen molar-refractivity contribution in [1.29, 1.82) is 0 Å². The Hall–Kier alpha value is -1.15. The Balaban J connectivity index is 3.21. The molecule has 1 aromatic rings. The summed E-state index contributed by atoms with van der Waals surface area (Å²) in [5.41, 5.74) is 5.61. The van der Waals surface area contributed by atoms with Gasteiger partial charge in [-0.1, -0.05) is 13.0 Å². The van der Waals surface area contributed by atoms with Crippen LogP contribution in [0.25, 0.3) is 0 Å². The number of Topliss-reactive ketones (excluding diaryl/α,β-unsaturated/α-hetero) is 1. The van der Waals surface area contributed by atoms with E-state index in [1.165, 1.54) is 11.1 Å². The second kappa shape index (κ2) is 5.66. The molecule has 0 aliphatic rings. The van der Waals surface area contributed by atoms with E-state index in [9.17, 15) is 4.79 Å². The van der Waals surface area contributed by atoms with Gasteiger partial charge in [0.1, 0.15) is 0 Å². The van der Waals surface area contributed by atoms with E-state index in [2.05, 4.69) is 38.7 Å². The van der Waals surface area contributed by atoms with Crippen molar-refractivity contribution in [2.24, 2.45) is 5.92 Å². The number of rotatable bonds is 4. The van der Waals surface area contributed by atoms with Gasteiger partial charge in [0, 0.05) is 18.0 Å². The van der Waals surface area contributed by atoms with Gasteiger partial charge in [-0.15, -0.1) is 0 Å². The summed E-state index contributed by atoms with van der Waals surface area (Å²) < 4.78 is 0. The van der Waals surface area contributed by atoms with Crippen molar-refractivity contribution >= 4 is 5.78 Å². The second-order valence-corrected chi connectivity index (χ2v) is 5.66. The summed E-state index contributed by atoms with van der Waals surface area (Å²) >= 11 is 0. The molecule has 1 atom stereocenters. The van der Waals surface area contributed by atoms with Crippen molar-refractivity contribution in [3.8, 4) is 0 Å². The van der Waals surface area contributed by atoms with Crippen molar-refractivity contribution in [3.63, 3.8) is 0 Å². The van der Waals surface area contributed by atoms with Crippen LogP contribution in [0.3, 0.4) is 0 Å². The average molecular weight is 247 g/mol. The Labute approximate surface area is 111 Å². The molecule has 1 aromatic carbocycles. The fourth-order valence-corrected chi connectivity index (χ4v) is 2.46. The van der Waals surface area contributed by atoms with Crippen molar-refractivity contribution in [3.05, 3.63) is 33.9 Å². The molecule has 18 heavy (non-hydrogen) atoms. The van der Waals surface area contributed by atoms with E-state index in [1.807, 2.05) is 21.0 Å². The molecule has 0 fully saturated rings. The highest BCUT2D eigenvalue weighted by Crippen LogP contribution is 2.24. The molecule has 1 rings (SSSR count). The van der Waals surface area contributed by atoms with E-state index < -0.39 is 0 Å². The summed E-state index contributed by atoms with van der Waals surface area (Å²) in [4.78, 5) is 14.7. The number of hydrogen-bond donors (Lipinski definition) is 0. The molecule has 2 heteroatoms. The Kier molecular flexibility index (Phi) is 4.69. The summed E-state index contributed by atoms with van der Waals surface area (Å²) in [6, 6.07) is 2.16. The normalized spacial score (nSPS) is 12.9. The average Bonchev–Trinajstić information content (AvgIpc) is 2.25. The molecule has 2 nitrogen and oxygen atoms in total. The van der Waals surface area contributed by atoms with Crippen LogP contribution in [0.4, 0.5) is 0 Å². The van der Waals surface area contributed by atoms with Crippen LogP contribution in [-0.2, 0) is 0 Å². The van der Waals surface area contributed by atoms with E-state index in [-0.39, 0.29) is 11.7 Å². The summed E-state index contributed by atoms with van der Waals surface area (Å²) in [5.74, 6) is 0.309. The molecule has 0 bridgehead atoms. The third-order valence-electron chi connectivity index (χ3n) is 3.70. The van der Waals surface area contributed by atoms with E-state index >= 15 is 0 Å². The largest absolute Gasteiger partial charge is 0.309 e. The monoisotopic (exact) mass is 247 g/mol. The van der Waals surface area contributed by atoms with Crippen LogP contribution in [-0.4, -0.2) is 31.3 Å². The number of nitrogens with zero attached hydrogens (tertiary/aromatic N) is 1. The summed E-state index contributed by atoms with van der Waals surface area (Å²) in [7, 11) is 4.01. The summed E-state index contributed by atoms with van der Waals surface area (Å²) in [6.07, 6.45) is 0. The highest BCUT2D eigenvalue weighted by Gasteiger charge is 2.21. The molecular formula is C16H25NO. The fourth-order valence-electron chi connectivity index (χ4n) is 2.46. The molecule has 0 heterocycles. The SMILES string of the molecule is Cc1cc(C)c(C)c(C(=O)C(C)CN(C)C)c1C. The maximum Gasteiger partial charge on any atom is 0.167 e. The lowest BCUT2D eigenvalue weighted by Crippen LogP contribution is -2.27. The first-order chi connectivity index (χ1) is 8.25. The second-order valence-electron chi connectivity index (χ2n) is 5.66. The molecule has 1 unspecified atom stereocenters. The molecule has 0 saturated carbocycles. The van der Waals surface area contributed by atoms with Crippen LogP contribution in [0.2, 0.25) is 0 Å². The van der Waals surface area contributed by atoms with Gasteiger partial charge in [-0.05, 0) is 64.0 Å². The zero-order valence-corrected chi connectivity index (χ0v) is 12.7. The zero-order chi connectivity index (χ0) is 14.0. The van der Waals surface area contributed by atoms with Gasteiger partial charge in [0.2, 0.25) is 0 Å². The Bertz CT molecular complexity index is 434. The quantitative estimate of drug-likeness (QED) is 0.761. The molecule has 0 aliphatic carbocycles. The van der Waals surface area contributed by atoms with E-state index in [4.69, 9.17) is 0 Å². The van der Waals surface area contributed by atoms with Crippen LogP contribution >= 0.6 is 0 Å². The van der Waals surface area contributed by atoms with E-state index in [0.29, 0.717) is 0 Å². The van der Waals surface area contributed by atoms with Gasteiger partial charge in [0.15, 0.2) is 5.78 Å². The minimum Gasteiger partial charge on any atom is -0.309 e. The van der Waals surface area contributed by atoms with Crippen LogP contribution < -0.4 is 0 Å². The Morgan fingerprint density at radius 1 is 1.11 bits per heavy atom. The number of carbonyl (C=O) groups is 1. The first-order valence-corrected chi connectivity index (χ1v) is 6.52. The predicted octanol–water partition coefficient (Wildman–Crippen LogP) is 3.30. The highest BCUT2D eigenvalue weighted by molar-refractivity contribution is 6.01. The molecule has 100 valence electrons. The molecule has 0 N–H and O–H groups in total. The molecule has 0 radical (unpaired) electrons. The topological polar surface area (TPSA) is 20.3 Å². The number of aryl methyl sites for hydroxylation is 2. The van der Waals surface area contributed by atoms with Gasteiger partial charge < -0.3 is 4.90 Å². The maximum absolute atomic E-state index is 12.6. The van der Waals surface area contributed by atoms with Crippen molar-refractivity contribution < 1.29 is 4.79 Å². The van der Waals surface area contributed by atoms with Crippen molar-refractivity contribution in [1.82, 2.24) is 4.90 Å². The maximum atomic E-state index is 12.6. The van der Waals surface area contributed by atoms with Gasteiger partial charge in [0.05, 0.1) is 0 Å². The fraction of sp³-hybridized carbons (Fsp3) is 0.562. The third kappa shape index (κ3) is 2.99. The lowest BCUT2D eigenvalue weighted by atomic mass is 9.87. The summed E-state index contributed by atoms with van der Waals surface area (Å²) in [6.45, 7) is 11.1. The van der Waals surface area contributed by atoms with Crippen molar-refractivity contribution in [2.75, 3.05) is 20.6 Å². The molecule has 0 aliphatic heterocycles. The van der Waals surface area contributed by atoms with Crippen LogP contribution in [0.15, 0.2) is 6.07 Å². The number of benzene rings is 1. The van der Waals surface area contributed by atoms with Gasteiger partial charge in [-0.3, -0.25) is 4.79 Å². The van der Waals surface area contributed by atoms with Gasteiger partial charge in [-0.25, -0.2) is 0 Å². The molecule has 0 saturated heterocycles. The predicted molar refractivity (Wildman–Crippen MR) is 77.4 cm³/mol. The lowest BCUT2D eigenvalue weighted by Gasteiger charge is -2.20. The third-order valence-corrected chi connectivity index (χ3v) is 3.70. The molecular weight excluding hydrogens is 222 g/mol. The van der Waals surface area contributed by atoms with Crippen LogP contribution in [0, 0.1) is 33.6 Å². The Morgan fingerprint density at radius 2 is 1.56 bits per heavy atom. The number of hydrogen-bond acceptors (Lipinski definition) is 2. The highest BCUT2D eigenvalue weighted by atomic mass is 16.1. The first kappa shape index (κ1) is 14.9. The molecule has 0 spiro atoms. The lowest BCUT2D eigenvalue weighted by molar-refractivity contribution is 0.0908. The molecule has 0 aromatic heterocycles. The number of carbonyl (C=O) groups excluding carboxylic acids is 1. The van der Waals surface area contributed by atoms with Gasteiger partial charge in [0.25, 0.3) is 0 Å². The number of ketones is 1. The Morgan fingerprint density at radius 3 is 1.94 bits per heavy atom. The smallest absolute Gasteiger partial charge is 0.167 e. The van der Waals surface area contributed by atoms with Crippen LogP contribution in [0.5, 0.6) is 0 Å². The van der Waals surface area contributed by atoms with E-state index in [1.54, 1.807) is 0 Å². The van der Waals surface area contributed by atoms with Gasteiger partial charge >= 0.3 is 0 Å². The van der Waals surface area contributed by atoms with Gasteiger partial charge in [-0.2, -0.15) is 0 Å². The molecule has 0 amide bonds. The van der Waals surface area contributed by atoms with Crippen molar-refractivity contribution in [2.45, 2.75) is 34.6 Å². The minimum atomic E-state index is 0.0404. The summed E-state index contributed by atoms with van der Waals surface area (Å²) in [5, 5.41) is 0. The first-order valence-electron chi connectivity index (χ1n) is 6.52. The standard InChI is InChI=1S/C16H25NO/c1-10-8-11(2)14(5)15(13(10)4)16(18)12(3)9-17(6)7/h8,12H,9H2,1-7H3. The zero-order valence-electron chi connectivity index (χ0n) is 12.7.